The van der Waals surface area contributed by atoms with Gasteiger partial charge >= 0.3 is 0 Å². The number of Topliss-reactive ketones (excluding diaryl/α,β-unsaturated/α-hetero) is 1. The monoisotopic (exact) mass is 244 g/mol. The lowest BCUT2D eigenvalue weighted by Gasteiger charge is -2.02. The SMILES string of the molecule is COc1ccc(C(=O)Cc2ncc[nH]c2=O)cc1. The molecule has 2 rings (SSSR count). The average Bonchev–Trinajstić information content (AvgIpc) is 2.41. The summed E-state index contributed by atoms with van der Waals surface area (Å²) in [4.78, 5) is 29.7. The molecule has 5 nitrogen and oxygen atoms in total. The molecular weight excluding hydrogens is 232 g/mol. The summed E-state index contributed by atoms with van der Waals surface area (Å²) in [6, 6.07) is 6.74. The molecule has 1 N–H and O–H groups in total. The number of hydrogen-bond acceptors (Lipinski definition) is 4. The molecule has 0 amide bonds. The molecule has 0 bridgehead atoms. The van der Waals surface area contributed by atoms with Gasteiger partial charge in [-0.2, -0.15) is 0 Å². The summed E-state index contributed by atoms with van der Waals surface area (Å²) in [6.45, 7) is 0. The molecule has 0 saturated heterocycles. The van der Waals surface area contributed by atoms with E-state index in [4.69, 9.17) is 4.74 Å². The van der Waals surface area contributed by atoms with Crippen molar-refractivity contribution >= 4 is 5.78 Å². The smallest absolute Gasteiger partial charge is 0.270 e. The Bertz CT molecular complexity index is 602. The van der Waals surface area contributed by atoms with Crippen LogP contribution in [0.15, 0.2) is 41.5 Å². The average molecular weight is 244 g/mol. The van der Waals surface area contributed by atoms with Gasteiger partial charge in [-0.3, -0.25) is 14.6 Å². The van der Waals surface area contributed by atoms with E-state index in [-0.39, 0.29) is 23.5 Å². The molecule has 18 heavy (non-hydrogen) atoms. The summed E-state index contributed by atoms with van der Waals surface area (Å²) < 4.78 is 5.01. The van der Waals surface area contributed by atoms with Crippen molar-refractivity contribution < 1.29 is 9.53 Å². The number of methoxy groups -OCH3 is 1. The number of aromatic amines is 1. The van der Waals surface area contributed by atoms with Crippen LogP contribution in [0.4, 0.5) is 0 Å². The van der Waals surface area contributed by atoms with Gasteiger partial charge in [0.05, 0.1) is 13.5 Å². The molecule has 0 atom stereocenters. The van der Waals surface area contributed by atoms with Gasteiger partial charge in [-0.05, 0) is 24.3 Å². The predicted molar refractivity (Wildman–Crippen MR) is 65.9 cm³/mol. The van der Waals surface area contributed by atoms with Crippen LogP contribution < -0.4 is 10.3 Å². The van der Waals surface area contributed by atoms with E-state index in [2.05, 4.69) is 9.97 Å². The maximum Gasteiger partial charge on any atom is 0.270 e. The van der Waals surface area contributed by atoms with E-state index in [0.29, 0.717) is 11.3 Å². The second-order valence-electron chi connectivity index (χ2n) is 3.69. The third-order valence-electron chi connectivity index (χ3n) is 2.52. The lowest BCUT2D eigenvalue weighted by Crippen LogP contribution is -2.17. The molecule has 5 heteroatoms. The first-order valence-electron chi connectivity index (χ1n) is 5.40. The molecule has 0 spiro atoms. The zero-order valence-corrected chi connectivity index (χ0v) is 9.84. The highest BCUT2D eigenvalue weighted by molar-refractivity contribution is 5.97. The first-order chi connectivity index (χ1) is 8.70. The Kier molecular flexibility index (Phi) is 3.52. The Morgan fingerprint density at radius 3 is 2.67 bits per heavy atom. The van der Waals surface area contributed by atoms with Crippen LogP contribution in [0.25, 0.3) is 0 Å². The summed E-state index contributed by atoms with van der Waals surface area (Å²) in [7, 11) is 1.56. The second-order valence-corrected chi connectivity index (χ2v) is 3.69. The number of nitrogens with one attached hydrogen (secondary N) is 1. The minimum Gasteiger partial charge on any atom is -0.497 e. The maximum absolute atomic E-state index is 11.9. The molecule has 0 fully saturated rings. The van der Waals surface area contributed by atoms with Gasteiger partial charge < -0.3 is 9.72 Å². The van der Waals surface area contributed by atoms with Crippen molar-refractivity contribution in [2.45, 2.75) is 6.42 Å². The molecular formula is C13H12N2O3. The van der Waals surface area contributed by atoms with Crippen LogP contribution in [-0.4, -0.2) is 22.9 Å². The van der Waals surface area contributed by atoms with E-state index in [1.165, 1.54) is 12.4 Å². The molecule has 0 aliphatic rings. The Morgan fingerprint density at radius 1 is 1.33 bits per heavy atom. The van der Waals surface area contributed by atoms with Crippen molar-refractivity contribution in [1.82, 2.24) is 9.97 Å². The van der Waals surface area contributed by atoms with Crippen molar-refractivity contribution in [2.75, 3.05) is 7.11 Å². The fourth-order valence-electron chi connectivity index (χ4n) is 1.54. The van der Waals surface area contributed by atoms with E-state index in [9.17, 15) is 9.59 Å². The summed E-state index contributed by atoms with van der Waals surface area (Å²) in [5.74, 6) is 0.532. The van der Waals surface area contributed by atoms with Gasteiger partial charge in [-0.25, -0.2) is 0 Å². The van der Waals surface area contributed by atoms with E-state index in [1.54, 1.807) is 31.4 Å². The Morgan fingerprint density at radius 2 is 2.06 bits per heavy atom. The molecule has 92 valence electrons. The molecule has 1 aromatic heterocycles. The minimum absolute atomic E-state index is 0.0114. The number of carbonyl (C=O) groups is 1. The fourth-order valence-corrected chi connectivity index (χ4v) is 1.54. The van der Waals surface area contributed by atoms with Crippen molar-refractivity contribution in [1.29, 1.82) is 0 Å². The number of carbonyl (C=O) groups excluding carboxylic acids is 1. The molecule has 2 aromatic rings. The summed E-state index contributed by atoms with van der Waals surface area (Å²) in [5, 5.41) is 0. The number of rotatable bonds is 4. The molecule has 0 aliphatic heterocycles. The van der Waals surface area contributed by atoms with E-state index in [1.807, 2.05) is 0 Å². The first-order valence-corrected chi connectivity index (χ1v) is 5.40. The van der Waals surface area contributed by atoms with Gasteiger partial charge in [0, 0.05) is 18.0 Å². The summed E-state index contributed by atoms with van der Waals surface area (Å²) in [6.07, 6.45) is 2.88. The third kappa shape index (κ3) is 2.63. The lowest BCUT2D eigenvalue weighted by atomic mass is 10.1. The Balaban J connectivity index is 2.17. The van der Waals surface area contributed by atoms with Crippen LogP contribution in [-0.2, 0) is 6.42 Å². The standard InChI is InChI=1S/C13H12N2O3/c1-18-10-4-2-9(3-5-10)12(16)8-11-13(17)15-7-6-14-11/h2-7H,8H2,1H3,(H,15,17). The van der Waals surface area contributed by atoms with Crippen molar-refractivity contribution in [2.24, 2.45) is 0 Å². The number of ketones is 1. The lowest BCUT2D eigenvalue weighted by molar-refractivity contribution is 0.0991. The van der Waals surface area contributed by atoms with Gasteiger partial charge in [0.1, 0.15) is 11.4 Å². The normalized spacial score (nSPS) is 10.1. The van der Waals surface area contributed by atoms with Crippen LogP contribution in [0.5, 0.6) is 5.75 Å². The maximum atomic E-state index is 11.9. The van der Waals surface area contributed by atoms with E-state index < -0.39 is 0 Å². The van der Waals surface area contributed by atoms with E-state index in [0.717, 1.165) is 0 Å². The molecule has 0 radical (unpaired) electrons. The number of aromatic nitrogens is 2. The van der Waals surface area contributed by atoms with Crippen molar-refractivity contribution in [3.63, 3.8) is 0 Å². The van der Waals surface area contributed by atoms with Gasteiger partial charge in [0.25, 0.3) is 5.56 Å². The van der Waals surface area contributed by atoms with Gasteiger partial charge in [0.15, 0.2) is 5.78 Å². The number of nitrogens with zero attached hydrogens (tertiary/aromatic N) is 1. The van der Waals surface area contributed by atoms with Crippen LogP contribution in [0.1, 0.15) is 16.1 Å². The molecule has 0 aliphatic carbocycles. The van der Waals surface area contributed by atoms with Crippen molar-refractivity contribution in [3.8, 4) is 5.75 Å². The first kappa shape index (κ1) is 12.0. The van der Waals surface area contributed by atoms with E-state index >= 15 is 0 Å². The number of H-pyrrole nitrogens is 1. The largest absolute Gasteiger partial charge is 0.497 e. The van der Waals surface area contributed by atoms with Gasteiger partial charge in [-0.15, -0.1) is 0 Å². The van der Waals surface area contributed by atoms with Crippen LogP contribution in [0.2, 0.25) is 0 Å². The van der Waals surface area contributed by atoms with Crippen LogP contribution in [0.3, 0.4) is 0 Å². The fraction of sp³-hybridized carbons (Fsp3) is 0.154. The predicted octanol–water partition coefficient (Wildman–Crippen LogP) is 1.20. The quantitative estimate of drug-likeness (QED) is 0.820. The summed E-state index contributed by atoms with van der Waals surface area (Å²) in [5.41, 5.74) is 0.415. The van der Waals surface area contributed by atoms with Crippen molar-refractivity contribution in [3.05, 3.63) is 58.3 Å². The molecule has 1 heterocycles. The summed E-state index contributed by atoms with van der Waals surface area (Å²) >= 11 is 0. The highest BCUT2D eigenvalue weighted by Crippen LogP contribution is 2.12. The zero-order valence-electron chi connectivity index (χ0n) is 9.84. The molecule has 0 saturated carbocycles. The highest BCUT2D eigenvalue weighted by atomic mass is 16.5. The van der Waals surface area contributed by atoms with Gasteiger partial charge in [-0.1, -0.05) is 0 Å². The third-order valence-corrected chi connectivity index (χ3v) is 2.52. The topological polar surface area (TPSA) is 72.0 Å². The zero-order chi connectivity index (χ0) is 13.0. The number of ether oxygens (including phenoxy) is 1. The minimum atomic E-state index is -0.334. The van der Waals surface area contributed by atoms with Crippen LogP contribution >= 0.6 is 0 Å². The Labute approximate surface area is 103 Å². The molecule has 0 unspecified atom stereocenters. The molecule has 1 aromatic carbocycles. The second kappa shape index (κ2) is 5.27. The van der Waals surface area contributed by atoms with Gasteiger partial charge in [0.2, 0.25) is 0 Å². The Hall–Kier alpha value is -2.43. The number of hydrogen-bond donors (Lipinski definition) is 1. The van der Waals surface area contributed by atoms with Crippen LogP contribution in [0, 0.1) is 0 Å². The number of benzene rings is 1. The highest BCUT2D eigenvalue weighted by Gasteiger charge is 2.10.